The largest absolute Gasteiger partial charge is 0.497 e. The second kappa shape index (κ2) is 10.4. The summed E-state index contributed by atoms with van der Waals surface area (Å²) in [5, 5.41) is 3.12. The Hall–Kier alpha value is -1.73. The molecule has 2 rings (SSSR count). The van der Waals surface area contributed by atoms with Crippen LogP contribution in [0.15, 0.2) is 24.3 Å². The van der Waals surface area contributed by atoms with Crippen molar-refractivity contribution in [2.45, 2.75) is 26.3 Å². The second-order valence-electron chi connectivity index (χ2n) is 6.17. The molecule has 1 atom stereocenters. The topological polar surface area (TPSA) is 61.9 Å². The molecule has 0 spiro atoms. The summed E-state index contributed by atoms with van der Waals surface area (Å²) in [4.78, 5) is 27.9. The number of carbonyl (C=O) groups excluding carboxylic acids is 2. The highest BCUT2D eigenvalue weighted by Gasteiger charge is 2.22. The summed E-state index contributed by atoms with van der Waals surface area (Å²) in [6.07, 6.45) is 0.343. The summed E-state index contributed by atoms with van der Waals surface area (Å²) in [5.41, 5.74) is 1.12. The SMILES string of the molecule is CCN(CC)C(CNC(=O)CCN1CCSC1=O)c1cccc(OC)c1. The molecule has 0 aromatic heterocycles. The Labute approximate surface area is 160 Å². The normalized spacial score (nSPS) is 15.4. The van der Waals surface area contributed by atoms with Crippen molar-refractivity contribution in [1.29, 1.82) is 0 Å². The molecule has 1 aromatic rings. The smallest absolute Gasteiger partial charge is 0.281 e. The number of rotatable bonds is 10. The lowest BCUT2D eigenvalue weighted by atomic mass is 10.0. The molecule has 1 saturated heterocycles. The van der Waals surface area contributed by atoms with Gasteiger partial charge < -0.3 is 15.0 Å². The lowest BCUT2D eigenvalue weighted by molar-refractivity contribution is -0.121. The Morgan fingerprint density at radius 2 is 2.15 bits per heavy atom. The molecule has 1 aliphatic rings. The minimum Gasteiger partial charge on any atom is -0.497 e. The molecule has 1 heterocycles. The van der Waals surface area contributed by atoms with E-state index in [9.17, 15) is 9.59 Å². The Balaban J connectivity index is 1.95. The highest BCUT2D eigenvalue weighted by atomic mass is 32.2. The van der Waals surface area contributed by atoms with Gasteiger partial charge in [-0.3, -0.25) is 14.5 Å². The van der Waals surface area contributed by atoms with Crippen LogP contribution in [0.2, 0.25) is 0 Å². The maximum atomic E-state index is 12.3. The van der Waals surface area contributed by atoms with Crippen molar-refractivity contribution in [2.75, 3.05) is 45.6 Å². The van der Waals surface area contributed by atoms with E-state index >= 15 is 0 Å². The average molecular weight is 380 g/mol. The van der Waals surface area contributed by atoms with Gasteiger partial charge in [0, 0.05) is 31.8 Å². The molecule has 6 nitrogen and oxygen atoms in total. The minimum atomic E-state index is -0.0187. The van der Waals surface area contributed by atoms with Gasteiger partial charge >= 0.3 is 0 Å². The Bertz CT molecular complexity index is 607. The van der Waals surface area contributed by atoms with Gasteiger partial charge in [-0.05, 0) is 30.8 Å². The molecule has 26 heavy (non-hydrogen) atoms. The maximum Gasteiger partial charge on any atom is 0.281 e. The van der Waals surface area contributed by atoms with Crippen LogP contribution in [0.5, 0.6) is 5.75 Å². The highest BCUT2D eigenvalue weighted by molar-refractivity contribution is 8.13. The predicted molar refractivity (Wildman–Crippen MR) is 106 cm³/mol. The molecule has 1 aromatic carbocycles. The van der Waals surface area contributed by atoms with Crippen LogP contribution in [0.4, 0.5) is 4.79 Å². The molecule has 1 fully saturated rings. The Morgan fingerprint density at radius 1 is 1.38 bits per heavy atom. The lowest BCUT2D eigenvalue weighted by Gasteiger charge is -2.30. The number of likely N-dealkylation sites (N-methyl/N-ethyl adjacent to an activating group) is 1. The van der Waals surface area contributed by atoms with Crippen LogP contribution < -0.4 is 10.1 Å². The van der Waals surface area contributed by atoms with Gasteiger partial charge in [-0.1, -0.05) is 37.7 Å². The van der Waals surface area contributed by atoms with E-state index in [4.69, 9.17) is 4.74 Å². The number of nitrogens with zero attached hydrogens (tertiary/aromatic N) is 2. The number of methoxy groups -OCH3 is 1. The molecular formula is C19H29N3O3S. The summed E-state index contributed by atoms with van der Waals surface area (Å²) in [6, 6.07) is 8.08. The molecule has 1 aliphatic heterocycles. The molecule has 1 N–H and O–H groups in total. The van der Waals surface area contributed by atoms with E-state index in [0.717, 1.165) is 36.7 Å². The fraction of sp³-hybridized carbons (Fsp3) is 0.579. The van der Waals surface area contributed by atoms with Crippen LogP contribution >= 0.6 is 11.8 Å². The van der Waals surface area contributed by atoms with Gasteiger partial charge in [-0.2, -0.15) is 0 Å². The third-order valence-corrected chi connectivity index (χ3v) is 5.57. The summed E-state index contributed by atoms with van der Waals surface area (Å²) >= 11 is 1.32. The number of ether oxygens (including phenoxy) is 1. The maximum absolute atomic E-state index is 12.3. The molecule has 0 bridgehead atoms. The fourth-order valence-corrected chi connectivity index (χ4v) is 3.99. The quantitative estimate of drug-likeness (QED) is 0.677. The first-order valence-corrected chi connectivity index (χ1v) is 10.1. The van der Waals surface area contributed by atoms with Crippen LogP contribution in [0.1, 0.15) is 31.9 Å². The molecule has 144 valence electrons. The standard InChI is InChI=1S/C19H29N3O3S/c1-4-21(5-2)17(15-7-6-8-16(13-15)25-3)14-20-18(23)9-10-22-11-12-26-19(22)24/h6-8,13,17H,4-5,9-12,14H2,1-3H3,(H,20,23). The predicted octanol–water partition coefficient (Wildman–Crippen LogP) is 2.75. The third kappa shape index (κ3) is 5.64. The number of nitrogens with one attached hydrogen (secondary N) is 1. The first kappa shape index (κ1) is 20.6. The second-order valence-corrected chi connectivity index (χ2v) is 7.22. The highest BCUT2D eigenvalue weighted by Crippen LogP contribution is 2.24. The number of benzene rings is 1. The van der Waals surface area contributed by atoms with Crippen LogP contribution in [0.25, 0.3) is 0 Å². The van der Waals surface area contributed by atoms with Crippen molar-refractivity contribution < 1.29 is 14.3 Å². The Morgan fingerprint density at radius 3 is 2.77 bits per heavy atom. The summed E-state index contributed by atoms with van der Waals surface area (Å²) < 4.78 is 5.34. The zero-order valence-corrected chi connectivity index (χ0v) is 16.7. The van der Waals surface area contributed by atoms with Crippen molar-refractivity contribution in [2.24, 2.45) is 0 Å². The van der Waals surface area contributed by atoms with Crippen molar-refractivity contribution in [3.05, 3.63) is 29.8 Å². The van der Waals surface area contributed by atoms with E-state index in [-0.39, 0.29) is 17.2 Å². The number of thioether (sulfide) groups is 1. The van der Waals surface area contributed by atoms with Crippen LogP contribution in [0.3, 0.4) is 0 Å². The molecule has 2 amide bonds. The van der Waals surface area contributed by atoms with E-state index < -0.39 is 0 Å². The lowest BCUT2D eigenvalue weighted by Crippen LogP contribution is -2.39. The minimum absolute atomic E-state index is 0.0187. The van der Waals surface area contributed by atoms with Gasteiger partial charge in [0.05, 0.1) is 13.2 Å². The van der Waals surface area contributed by atoms with Crippen LogP contribution in [-0.4, -0.2) is 66.5 Å². The summed E-state index contributed by atoms with van der Waals surface area (Å²) in [7, 11) is 1.66. The van der Waals surface area contributed by atoms with Gasteiger partial charge in [0.15, 0.2) is 0 Å². The van der Waals surface area contributed by atoms with Crippen LogP contribution in [0, 0.1) is 0 Å². The van der Waals surface area contributed by atoms with E-state index in [1.807, 2.05) is 18.2 Å². The third-order valence-electron chi connectivity index (χ3n) is 4.68. The number of amides is 2. The van der Waals surface area contributed by atoms with Crippen LogP contribution in [-0.2, 0) is 4.79 Å². The first-order chi connectivity index (χ1) is 12.6. The molecule has 0 saturated carbocycles. The van der Waals surface area contributed by atoms with E-state index in [1.54, 1.807) is 12.0 Å². The van der Waals surface area contributed by atoms with Gasteiger partial charge in [0.25, 0.3) is 5.24 Å². The first-order valence-electron chi connectivity index (χ1n) is 9.15. The molecule has 0 aliphatic carbocycles. The number of hydrogen-bond donors (Lipinski definition) is 1. The molecule has 1 unspecified atom stereocenters. The zero-order valence-electron chi connectivity index (χ0n) is 15.9. The fourth-order valence-electron chi connectivity index (χ4n) is 3.14. The zero-order chi connectivity index (χ0) is 18.9. The number of carbonyl (C=O) groups is 2. The van der Waals surface area contributed by atoms with Gasteiger partial charge in [0.1, 0.15) is 5.75 Å². The van der Waals surface area contributed by atoms with E-state index in [0.29, 0.717) is 19.5 Å². The van der Waals surface area contributed by atoms with Gasteiger partial charge in [0.2, 0.25) is 5.91 Å². The molecule has 0 radical (unpaired) electrons. The van der Waals surface area contributed by atoms with Crippen molar-refractivity contribution in [3.8, 4) is 5.75 Å². The summed E-state index contributed by atoms with van der Waals surface area (Å²) in [6.45, 7) is 7.80. The van der Waals surface area contributed by atoms with Crippen molar-refractivity contribution in [3.63, 3.8) is 0 Å². The average Bonchev–Trinajstić information content (AvgIpc) is 3.08. The Kier molecular flexibility index (Phi) is 8.25. The van der Waals surface area contributed by atoms with Gasteiger partial charge in [-0.25, -0.2) is 0 Å². The van der Waals surface area contributed by atoms with E-state index in [2.05, 4.69) is 30.1 Å². The van der Waals surface area contributed by atoms with E-state index in [1.165, 1.54) is 11.8 Å². The molecular weight excluding hydrogens is 350 g/mol. The van der Waals surface area contributed by atoms with Crippen molar-refractivity contribution >= 4 is 22.9 Å². The number of hydrogen-bond acceptors (Lipinski definition) is 5. The van der Waals surface area contributed by atoms with Crippen molar-refractivity contribution in [1.82, 2.24) is 15.1 Å². The monoisotopic (exact) mass is 379 g/mol. The van der Waals surface area contributed by atoms with Gasteiger partial charge in [-0.15, -0.1) is 0 Å². The molecule has 7 heteroatoms. The summed E-state index contributed by atoms with van der Waals surface area (Å²) in [5.74, 6) is 1.62.